The van der Waals surface area contributed by atoms with Gasteiger partial charge in [0.2, 0.25) is 0 Å². The first-order chi connectivity index (χ1) is 11.7. The van der Waals surface area contributed by atoms with Crippen molar-refractivity contribution in [2.75, 3.05) is 0 Å². The molecule has 0 aromatic carbocycles. The summed E-state index contributed by atoms with van der Waals surface area (Å²) in [6.07, 6.45) is 10.7. The van der Waals surface area contributed by atoms with Crippen LogP contribution in [-0.4, -0.2) is 24.9 Å². The summed E-state index contributed by atoms with van der Waals surface area (Å²) in [6, 6.07) is 9.63. The summed E-state index contributed by atoms with van der Waals surface area (Å²) < 4.78 is 0. The highest BCUT2D eigenvalue weighted by Crippen LogP contribution is 2.28. The Labute approximate surface area is 138 Å². The zero-order valence-electron chi connectivity index (χ0n) is 13.0. The molecule has 4 heterocycles. The third-order valence-corrected chi connectivity index (χ3v) is 3.71. The first kappa shape index (κ1) is 14.1. The van der Waals surface area contributed by atoms with Crippen LogP contribution >= 0.6 is 0 Å². The van der Waals surface area contributed by atoms with Gasteiger partial charge in [0.05, 0.1) is 5.69 Å². The largest absolute Gasteiger partial charge is 0.346 e. The Balaban J connectivity index is 1.98. The van der Waals surface area contributed by atoms with Gasteiger partial charge in [0.25, 0.3) is 0 Å². The summed E-state index contributed by atoms with van der Waals surface area (Å²) in [5.41, 5.74) is 4.75. The molecule has 0 aliphatic carbocycles. The van der Waals surface area contributed by atoms with Gasteiger partial charge in [-0.1, -0.05) is 12.0 Å². The van der Waals surface area contributed by atoms with E-state index >= 15 is 0 Å². The van der Waals surface area contributed by atoms with Crippen LogP contribution in [0.3, 0.4) is 0 Å². The summed E-state index contributed by atoms with van der Waals surface area (Å²) in [6.45, 7) is 1.94. The van der Waals surface area contributed by atoms with Crippen molar-refractivity contribution in [3.63, 3.8) is 0 Å². The predicted octanol–water partition coefficient (Wildman–Crippen LogP) is 3.37. The topological polar surface area (TPSA) is 67.3 Å². The van der Waals surface area contributed by atoms with Crippen molar-refractivity contribution in [3.05, 3.63) is 60.2 Å². The SMILES string of the molecule is C#Cc1cncc(-c2nc(-c3cccc(C)n3)nc3[nH]ccc23)c1. The maximum absolute atomic E-state index is 5.49. The van der Waals surface area contributed by atoms with E-state index in [9.17, 15) is 0 Å². The number of nitrogens with one attached hydrogen (secondary N) is 1. The lowest BCUT2D eigenvalue weighted by atomic mass is 10.1. The molecule has 4 rings (SSSR count). The second-order valence-corrected chi connectivity index (χ2v) is 5.41. The highest BCUT2D eigenvalue weighted by atomic mass is 15.0. The van der Waals surface area contributed by atoms with Gasteiger partial charge in [-0.15, -0.1) is 6.42 Å². The average Bonchev–Trinajstić information content (AvgIpc) is 3.09. The number of H-pyrrole nitrogens is 1. The monoisotopic (exact) mass is 311 g/mol. The molecule has 1 N–H and O–H groups in total. The lowest BCUT2D eigenvalue weighted by molar-refractivity contribution is 1.13. The molecule has 0 radical (unpaired) electrons. The molecular weight excluding hydrogens is 298 g/mol. The Bertz CT molecular complexity index is 1090. The summed E-state index contributed by atoms with van der Waals surface area (Å²) in [7, 11) is 0. The number of nitrogens with zero attached hydrogens (tertiary/aromatic N) is 4. The standard InChI is InChI=1S/C19H13N5/c1-3-13-9-14(11-20-10-13)17-15-7-8-21-18(15)24-19(23-17)16-6-4-5-12(2)22-16/h1,4-11H,2H3,(H,21,23,24). The summed E-state index contributed by atoms with van der Waals surface area (Å²) in [5.74, 6) is 3.17. The van der Waals surface area contributed by atoms with Gasteiger partial charge < -0.3 is 4.98 Å². The molecule has 0 saturated heterocycles. The third-order valence-electron chi connectivity index (χ3n) is 3.71. The van der Waals surface area contributed by atoms with Crippen LogP contribution in [0.5, 0.6) is 0 Å². The maximum Gasteiger partial charge on any atom is 0.180 e. The van der Waals surface area contributed by atoms with Crippen LogP contribution in [0.4, 0.5) is 0 Å². The Morgan fingerprint density at radius 2 is 2.00 bits per heavy atom. The predicted molar refractivity (Wildman–Crippen MR) is 93.0 cm³/mol. The number of pyridine rings is 2. The van der Waals surface area contributed by atoms with Crippen LogP contribution < -0.4 is 0 Å². The van der Waals surface area contributed by atoms with Crippen molar-refractivity contribution < 1.29 is 0 Å². The smallest absolute Gasteiger partial charge is 0.180 e. The summed E-state index contributed by atoms with van der Waals surface area (Å²) in [4.78, 5) is 21.2. The highest BCUT2D eigenvalue weighted by Gasteiger charge is 2.13. The van der Waals surface area contributed by atoms with E-state index in [0.29, 0.717) is 11.4 Å². The number of hydrogen-bond donors (Lipinski definition) is 1. The van der Waals surface area contributed by atoms with Crippen molar-refractivity contribution in [2.24, 2.45) is 0 Å². The van der Waals surface area contributed by atoms with Crippen LogP contribution in [0.25, 0.3) is 33.8 Å². The Kier molecular flexibility index (Phi) is 3.29. The summed E-state index contributed by atoms with van der Waals surface area (Å²) in [5, 5.41) is 0.919. The van der Waals surface area contributed by atoms with Gasteiger partial charge in [-0.2, -0.15) is 0 Å². The van der Waals surface area contributed by atoms with E-state index in [-0.39, 0.29) is 0 Å². The molecule has 24 heavy (non-hydrogen) atoms. The van der Waals surface area contributed by atoms with Crippen molar-refractivity contribution in [2.45, 2.75) is 6.92 Å². The lowest BCUT2D eigenvalue weighted by Crippen LogP contribution is -1.97. The van der Waals surface area contributed by atoms with Gasteiger partial charge >= 0.3 is 0 Å². The second kappa shape index (κ2) is 5.60. The highest BCUT2D eigenvalue weighted by molar-refractivity contribution is 5.91. The number of rotatable bonds is 2. The van der Waals surface area contributed by atoms with Gasteiger partial charge in [0.15, 0.2) is 5.82 Å². The van der Waals surface area contributed by atoms with E-state index in [1.54, 1.807) is 12.4 Å². The van der Waals surface area contributed by atoms with Gasteiger partial charge in [0, 0.05) is 40.8 Å². The molecule has 0 saturated carbocycles. The molecular formula is C19H13N5. The van der Waals surface area contributed by atoms with Gasteiger partial charge in [-0.3, -0.25) is 4.98 Å². The molecule has 0 aliphatic rings. The van der Waals surface area contributed by atoms with Crippen LogP contribution in [-0.2, 0) is 0 Å². The van der Waals surface area contributed by atoms with Gasteiger partial charge in [-0.25, -0.2) is 15.0 Å². The molecule has 0 atom stereocenters. The summed E-state index contributed by atoms with van der Waals surface area (Å²) >= 11 is 0. The molecule has 5 heteroatoms. The quantitative estimate of drug-likeness (QED) is 0.576. The fraction of sp³-hybridized carbons (Fsp3) is 0.0526. The second-order valence-electron chi connectivity index (χ2n) is 5.41. The first-order valence-electron chi connectivity index (χ1n) is 7.46. The molecule has 0 amide bonds. The number of aryl methyl sites for hydroxylation is 1. The zero-order valence-corrected chi connectivity index (χ0v) is 13.0. The van der Waals surface area contributed by atoms with E-state index in [2.05, 4.69) is 25.9 Å². The minimum absolute atomic E-state index is 0.565. The fourth-order valence-corrected chi connectivity index (χ4v) is 2.59. The lowest BCUT2D eigenvalue weighted by Gasteiger charge is -2.07. The minimum atomic E-state index is 0.565. The Hall–Kier alpha value is -3.52. The van der Waals surface area contributed by atoms with Crippen molar-refractivity contribution in [1.82, 2.24) is 24.9 Å². The van der Waals surface area contributed by atoms with Gasteiger partial charge in [-0.05, 0) is 31.2 Å². The fourth-order valence-electron chi connectivity index (χ4n) is 2.59. The molecule has 0 fully saturated rings. The number of aromatic amines is 1. The van der Waals surface area contributed by atoms with E-state index in [1.807, 2.05) is 43.5 Å². The molecule has 0 aliphatic heterocycles. The zero-order chi connectivity index (χ0) is 16.5. The van der Waals surface area contributed by atoms with E-state index in [0.717, 1.165) is 33.7 Å². The van der Waals surface area contributed by atoms with Crippen molar-refractivity contribution >= 4 is 11.0 Å². The Morgan fingerprint density at radius 1 is 1.08 bits per heavy atom. The van der Waals surface area contributed by atoms with E-state index < -0.39 is 0 Å². The number of terminal acetylenes is 1. The van der Waals surface area contributed by atoms with Crippen LogP contribution in [0.1, 0.15) is 11.3 Å². The molecule has 0 spiro atoms. The number of hydrogen-bond acceptors (Lipinski definition) is 4. The average molecular weight is 311 g/mol. The molecule has 0 bridgehead atoms. The third kappa shape index (κ3) is 2.40. The molecule has 114 valence electrons. The molecule has 4 aromatic heterocycles. The van der Waals surface area contributed by atoms with Crippen LogP contribution in [0.2, 0.25) is 0 Å². The van der Waals surface area contributed by atoms with E-state index in [1.165, 1.54) is 0 Å². The van der Waals surface area contributed by atoms with Crippen LogP contribution in [0.15, 0.2) is 48.9 Å². The normalized spacial score (nSPS) is 10.7. The van der Waals surface area contributed by atoms with Crippen molar-refractivity contribution in [1.29, 1.82) is 0 Å². The molecule has 5 nitrogen and oxygen atoms in total. The van der Waals surface area contributed by atoms with Crippen molar-refractivity contribution in [3.8, 4) is 35.1 Å². The first-order valence-corrected chi connectivity index (χ1v) is 7.46. The van der Waals surface area contributed by atoms with Crippen LogP contribution in [0, 0.1) is 19.3 Å². The molecule has 4 aromatic rings. The minimum Gasteiger partial charge on any atom is -0.346 e. The molecule has 0 unspecified atom stereocenters. The number of aromatic nitrogens is 5. The number of fused-ring (bicyclic) bond motifs is 1. The Morgan fingerprint density at radius 3 is 2.83 bits per heavy atom. The van der Waals surface area contributed by atoms with E-state index in [4.69, 9.17) is 11.4 Å². The maximum atomic E-state index is 5.49. The van der Waals surface area contributed by atoms with Gasteiger partial charge in [0.1, 0.15) is 11.3 Å².